The predicted molar refractivity (Wildman–Crippen MR) is 74.0 cm³/mol. The number of rotatable bonds is 3. The van der Waals surface area contributed by atoms with Crippen molar-refractivity contribution in [2.24, 2.45) is 0 Å². The van der Waals surface area contributed by atoms with Crippen LogP contribution in [0.1, 0.15) is 15.2 Å². The fourth-order valence-electron chi connectivity index (χ4n) is 1.44. The molecule has 0 aliphatic carbocycles. The van der Waals surface area contributed by atoms with Gasteiger partial charge >= 0.3 is 0 Å². The highest BCUT2D eigenvalue weighted by Gasteiger charge is 2.11. The summed E-state index contributed by atoms with van der Waals surface area (Å²) in [7, 11) is 0. The predicted octanol–water partition coefficient (Wildman–Crippen LogP) is 3.16. The van der Waals surface area contributed by atoms with Crippen LogP contribution in [0.15, 0.2) is 34.1 Å². The molecule has 0 fully saturated rings. The zero-order valence-corrected chi connectivity index (χ0v) is 11.6. The number of nitrogens with two attached hydrogens (primary N) is 1. The number of hydrogen-bond donors (Lipinski definition) is 2. The first-order chi connectivity index (χ1) is 8.58. The van der Waals surface area contributed by atoms with Crippen molar-refractivity contribution in [1.82, 2.24) is 5.32 Å². The van der Waals surface area contributed by atoms with Crippen molar-refractivity contribution < 1.29 is 9.18 Å². The molecular formula is C12H10BrFN2OS. The topological polar surface area (TPSA) is 55.1 Å². The molecule has 3 nitrogen and oxygen atoms in total. The van der Waals surface area contributed by atoms with Crippen molar-refractivity contribution in [3.63, 3.8) is 0 Å². The van der Waals surface area contributed by atoms with Crippen LogP contribution in [0.5, 0.6) is 0 Å². The Balaban J connectivity index is 2.06. The lowest BCUT2D eigenvalue weighted by atomic mass is 10.2. The van der Waals surface area contributed by atoms with Crippen LogP contribution in [-0.4, -0.2) is 5.91 Å². The number of benzene rings is 1. The normalized spacial score (nSPS) is 10.3. The van der Waals surface area contributed by atoms with Crippen molar-refractivity contribution in [1.29, 1.82) is 0 Å². The first-order valence-corrected chi connectivity index (χ1v) is 6.80. The van der Waals surface area contributed by atoms with Crippen molar-refractivity contribution in [2.75, 3.05) is 5.73 Å². The van der Waals surface area contributed by atoms with Crippen molar-refractivity contribution >= 4 is 38.9 Å². The third-order valence-electron chi connectivity index (χ3n) is 2.35. The Morgan fingerprint density at radius 2 is 2.22 bits per heavy atom. The largest absolute Gasteiger partial charge is 0.397 e. The quantitative estimate of drug-likeness (QED) is 0.909. The molecule has 2 rings (SSSR count). The number of nitrogens with one attached hydrogen (secondary N) is 1. The number of amides is 1. The fraction of sp³-hybridized carbons (Fsp3) is 0.0833. The SMILES string of the molecule is Nc1ccsc1C(=O)NCc1cc(Br)ccc1F. The minimum Gasteiger partial charge on any atom is -0.397 e. The summed E-state index contributed by atoms with van der Waals surface area (Å²) in [4.78, 5) is 12.2. The summed E-state index contributed by atoms with van der Waals surface area (Å²) in [6.07, 6.45) is 0. The Labute approximate surface area is 116 Å². The molecule has 2 aromatic rings. The summed E-state index contributed by atoms with van der Waals surface area (Å²) in [6.45, 7) is 0.126. The lowest BCUT2D eigenvalue weighted by Crippen LogP contribution is -2.23. The van der Waals surface area contributed by atoms with E-state index in [2.05, 4.69) is 21.2 Å². The lowest BCUT2D eigenvalue weighted by molar-refractivity contribution is 0.0955. The number of anilines is 1. The van der Waals surface area contributed by atoms with Crippen molar-refractivity contribution in [2.45, 2.75) is 6.54 Å². The first-order valence-electron chi connectivity index (χ1n) is 5.13. The second-order valence-corrected chi connectivity index (χ2v) is 5.46. The number of hydrogen-bond acceptors (Lipinski definition) is 3. The highest BCUT2D eigenvalue weighted by molar-refractivity contribution is 9.10. The van der Waals surface area contributed by atoms with Gasteiger partial charge in [0, 0.05) is 16.6 Å². The Morgan fingerprint density at radius 3 is 2.89 bits per heavy atom. The zero-order chi connectivity index (χ0) is 13.1. The van der Waals surface area contributed by atoms with Crippen LogP contribution in [-0.2, 0) is 6.54 Å². The van der Waals surface area contributed by atoms with Gasteiger partial charge in [0.1, 0.15) is 10.7 Å². The highest BCUT2D eigenvalue weighted by atomic mass is 79.9. The maximum atomic E-state index is 13.4. The van der Waals surface area contributed by atoms with Gasteiger partial charge in [-0.1, -0.05) is 15.9 Å². The first kappa shape index (κ1) is 13.0. The molecule has 0 unspecified atom stereocenters. The van der Waals surface area contributed by atoms with Gasteiger partial charge in [-0.15, -0.1) is 11.3 Å². The van der Waals surface area contributed by atoms with Gasteiger partial charge < -0.3 is 11.1 Å². The van der Waals surface area contributed by atoms with Gasteiger partial charge in [-0.2, -0.15) is 0 Å². The molecule has 0 atom stereocenters. The molecule has 1 amide bonds. The molecule has 0 spiro atoms. The Kier molecular flexibility index (Phi) is 3.98. The van der Waals surface area contributed by atoms with Gasteiger partial charge in [0.2, 0.25) is 0 Å². The minimum atomic E-state index is -0.349. The number of carbonyl (C=O) groups excluding carboxylic acids is 1. The van der Waals surface area contributed by atoms with E-state index >= 15 is 0 Å². The summed E-state index contributed by atoms with van der Waals surface area (Å²) in [5.41, 5.74) is 6.49. The standard InChI is InChI=1S/C12H10BrFN2OS/c13-8-1-2-9(14)7(5-8)6-16-12(17)11-10(15)3-4-18-11/h1-5H,6,15H2,(H,16,17). The van der Waals surface area contributed by atoms with Gasteiger partial charge in [0.15, 0.2) is 0 Å². The van der Waals surface area contributed by atoms with E-state index in [0.29, 0.717) is 16.1 Å². The summed E-state index contributed by atoms with van der Waals surface area (Å²) < 4.78 is 14.2. The minimum absolute atomic E-state index is 0.126. The molecule has 0 aliphatic heterocycles. The van der Waals surface area contributed by atoms with Crippen LogP contribution >= 0.6 is 27.3 Å². The molecule has 1 heterocycles. The highest BCUT2D eigenvalue weighted by Crippen LogP contribution is 2.19. The maximum Gasteiger partial charge on any atom is 0.263 e. The van der Waals surface area contributed by atoms with Crippen LogP contribution < -0.4 is 11.1 Å². The average molecular weight is 329 g/mol. The number of carbonyl (C=O) groups is 1. The smallest absolute Gasteiger partial charge is 0.263 e. The van der Waals surface area contributed by atoms with Crippen LogP contribution in [0.25, 0.3) is 0 Å². The van der Waals surface area contributed by atoms with Gasteiger partial charge in [0.25, 0.3) is 5.91 Å². The molecule has 0 saturated heterocycles. The molecule has 0 bridgehead atoms. The van der Waals surface area contributed by atoms with Crippen LogP contribution in [0.3, 0.4) is 0 Å². The van der Waals surface area contributed by atoms with Crippen molar-refractivity contribution in [3.05, 3.63) is 50.4 Å². The average Bonchev–Trinajstić information content (AvgIpc) is 2.76. The van der Waals surface area contributed by atoms with E-state index in [4.69, 9.17) is 5.73 Å². The molecule has 1 aromatic heterocycles. The lowest BCUT2D eigenvalue weighted by Gasteiger charge is -2.06. The Bertz CT molecular complexity index is 585. The molecule has 6 heteroatoms. The number of halogens is 2. The van der Waals surface area contributed by atoms with E-state index in [1.807, 2.05) is 0 Å². The van der Waals surface area contributed by atoms with E-state index in [-0.39, 0.29) is 18.3 Å². The summed E-state index contributed by atoms with van der Waals surface area (Å²) in [5.74, 6) is -0.639. The Hall–Kier alpha value is -1.40. The maximum absolute atomic E-state index is 13.4. The van der Waals surface area contributed by atoms with Gasteiger partial charge in [-0.3, -0.25) is 4.79 Å². The molecule has 0 aliphatic rings. The van der Waals surface area contributed by atoms with Gasteiger partial charge in [0.05, 0.1) is 5.69 Å². The van der Waals surface area contributed by atoms with E-state index in [1.54, 1.807) is 23.6 Å². The van der Waals surface area contributed by atoms with Crippen molar-refractivity contribution in [3.8, 4) is 0 Å². The molecule has 0 radical (unpaired) electrons. The molecule has 3 N–H and O–H groups in total. The van der Waals surface area contributed by atoms with Crippen LogP contribution in [0.4, 0.5) is 10.1 Å². The van der Waals surface area contributed by atoms with Gasteiger partial charge in [-0.25, -0.2) is 4.39 Å². The molecule has 94 valence electrons. The molecular weight excluding hydrogens is 319 g/mol. The monoisotopic (exact) mass is 328 g/mol. The molecule has 1 aromatic carbocycles. The Morgan fingerprint density at radius 1 is 1.44 bits per heavy atom. The van der Waals surface area contributed by atoms with Crippen LogP contribution in [0.2, 0.25) is 0 Å². The third kappa shape index (κ3) is 2.88. The van der Waals surface area contributed by atoms with E-state index in [9.17, 15) is 9.18 Å². The summed E-state index contributed by atoms with van der Waals surface area (Å²) >= 11 is 4.52. The third-order valence-corrected chi connectivity index (χ3v) is 3.77. The molecule has 18 heavy (non-hydrogen) atoms. The fourth-order valence-corrected chi connectivity index (χ4v) is 2.58. The zero-order valence-electron chi connectivity index (χ0n) is 9.24. The van der Waals surface area contributed by atoms with E-state index < -0.39 is 0 Å². The van der Waals surface area contributed by atoms with E-state index in [1.165, 1.54) is 17.4 Å². The van der Waals surface area contributed by atoms with Gasteiger partial charge in [-0.05, 0) is 29.6 Å². The second-order valence-electron chi connectivity index (χ2n) is 3.62. The number of nitrogen functional groups attached to an aromatic ring is 1. The summed E-state index contributed by atoms with van der Waals surface area (Å²) in [6, 6.07) is 6.26. The van der Waals surface area contributed by atoms with Crippen LogP contribution in [0, 0.1) is 5.82 Å². The summed E-state index contributed by atoms with van der Waals surface area (Å²) in [5, 5.41) is 4.38. The van der Waals surface area contributed by atoms with E-state index in [0.717, 1.165) is 4.47 Å². The second kappa shape index (κ2) is 5.49. The number of thiophene rings is 1. The molecule has 0 saturated carbocycles.